The number of rotatable bonds is 7. The lowest BCUT2D eigenvalue weighted by atomic mass is 9.99. The lowest BCUT2D eigenvalue weighted by Crippen LogP contribution is -2.63. The molecule has 0 bridgehead atoms. The molecule has 0 spiro atoms. The molecular weight excluding hydrogens is 509 g/mol. The third-order valence-electron chi connectivity index (χ3n) is 4.46. The van der Waals surface area contributed by atoms with Gasteiger partial charge in [-0.05, 0) is 17.3 Å². The van der Waals surface area contributed by atoms with Gasteiger partial charge in [-0.3, -0.25) is 14.4 Å². The number of halogens is 2. The van der Waals surface area contributed by atoms with Crippen LogP contribution >= 0.6 is 15.9 Å². The van der Waals surface area contributed by atoms with Crippen molar-refractivity contribution >= 4 is 33.8 Å². The van der Waals surface area contributed by atoms with E-state index in [1.807, 2.05) is 0 Å². The van der Waals surface area contributed by atoms with Gasteiger partial charge in [0.1, 0.15) is 24.2 Å². The topological polar surface area (TPSA) is 128 Å². The summed E-state index contributed by atoms with van der Waals surface area (Å²) >= 11 is 3.28. The maximum atomic E-state index is 13.6. The number of ether oxygens (including phenoxy) is 4. The van der Waals surface area contributed by atoms with Gasteiger partial charge in [0.05, 0.1) is 6.20 Å². The number of esters is 3. The summed E-state index contributed by atoms with van der Waals surface area (Å²) in [5, 5.41) is 6.93. The molecule has 1 unspecified atom stereocenters. The summed E-state index contributed by atoms with van der Waals surface area (Å²) in [4.78, 5) is 41.6. The van der Waals surface area contributed by atoms with Crippen LogP contribution in [0.4, 0.5) is 4.39 Å². The molecule has 2 heterocycles. The Morgan fingerprint density at radius 3 is 2.42 bits per heavy atom. The average molecular weight is 530 g/mol. The number of nitrogens with zero attached hydrogens (tertiary/aromatic N) is 3. The van der Waals surface area contributed by atoms with Crippen LogP contribution in [0.1, 0.15) is 20.8 Å². The lowest BCUT2D eigenvalue weighted by molar-refractivity contribution is -0.241. The number of alkyl halides is 1. The first-order valence-electron chi connectivity index (χ1n) is 9.77. The molecule has 1 saturated heterocycles. The highest BCUT2D eigenvalue weighted by atomic mass is 79.9. The summed E-state index contributed by atoms with van der Waals surface area (Å²) in [7, 11) is 0. The molecule has 0 saturated carbocycles. The van der Waals surface area contributed by atoms with E-state index in [0.717, 1.165) is 4.85 Å². The quantitative estimate of drug-likeness (QED) is 0.295. The Labute approximate surface area is 196 Å². The number of carbonyl (C=O) groups is 3. The standard InChI is InChI=1S/C20H21BrFN3O8/c1-10(26)29-9-16-17(30-11(2)27)18(19(20(21)32-16)31-12(3)28)33-25-8-15(23-24-25)13-5-4-6-14(22)7-13/h4-8,16-20H,9H2,1-3H3/t16-,17+,18+,19-,20?/m1/s1. The van der Waals surface area contributed by atoms with E-state index in [-0.39, 0.29) is 6.61 Å². The average Bonchev–Trinajstić information content (AvgIpc) is 3.19. The van der Waals surface area contributed by atoms with Gasteiger partial charge < -0.3 is 23.8 Å². The number of aromatic nitrogens is 3. The van der Waals surface area contributed by atoms with Crippen LogP contribution in [0.3, 0.4) is 0 Å². The molecule has 1 fully saturated rings. The molecule has 5 atom stereocenters. The molecule has 0 amide bonds. The minimum Gasteiger partial charge on any atom is -0.463 e. The van der Waals surface area contributed by atoms with Crippen LogP contribution in [0.2, 0.25) is 0 Å². The van der Waals surface area contributed by atoms with E-state index in [9.17, 15) is 18.8 Å². The summed E-state index contributed by atoms with van der Waals surface area (Å²) in [6.45, 7) is 3.33. The van der Waals surface area contributed by atoms with E-state index in [2.05, 4.69) is 26.2 Å². The minimum atomic E-state index is -1.15. The van der Waals surface area contributed by atoms with E-state index in [4.69, 9.17) is 23.8 Å². The fraction of sp³-hybridized carbons (Fsp3) is 0.450. The van der Waals surface area contributed by atoms with Gasteiger partial charge in [-0.1, -0.05) is 32.9 Å². The van der Waals surface area contributed by atoms with Crippen LogP contribution < -0.4 is 4.84 Å². The molecule has 11 nitrogen and oxygen atoms in total. The Morgan fingerprint density at radius 2 is 1.79 bits per heavy atom. The summed E-state index contributed by atoms with van der Waals surface area (Å²) in [5.41, 5.74) is 0.762. The van der Waals surface area contributed by atoms with Crippen molar-refractivity contribution in [2.24, 2.45) is 0 Å². The minimum absolute atomic E-state index is 0.256. The molecule has 178 valence electrons. The maximum absolute atomic E-state index is 13.6. The van der Waals surface area contributed by atoms with Crippen LogP contribution in [-0.2, 0) is 33.3 Å². The second-order valence-electron chi connectivity index (χ2n) is 7.06. The number of hydrogen-bond acceptors (Lipinski definition) is 10. The van der Waals surface area contributed by atoms with Gasteiger partial charge in [-0.2, -0.15) is 0 Å². The van der Waals surface area contributed by atoms with Crippen molar-refractivity contribution in [1.82, 2.24) is 15.2 Å². The second-order valence-corrected chi connectivity index (χ2v) is 7.97. The SMILES string of the molecule is CC(=O)OC[C@H]1OC(Br)[C@H](OC(C)=O)[C@@H](On2cc(-c3cccc(F)c3)nn2)[C@H]1OC(C)=O. The fourth-order valence-electron chi connectivity index (χ4n) is 3.17. The predicted molar refractivity (Wildman–Crippen MR) is 111 cm³/mol. The summed E-state index contributed by atoms with van der Waals surface area (Å²) < 4.78 is 35.0. The molecule has 0 radical (unpaired) electrons. The van der Waals surface area contributed by atoms with Crippen LogP contribution in [0.5, 0.6) is 0 Å². The van der Waals surface area contributed by atoms with Gasteiger partial charge in [-0.15, -0.1) is 5.10 Å². The first-order chi connectivity index (χ1) is 15.6. The Bertz CT molecular complexity index is 1020. The van der Waals surface area contributed by atoms with Crippen molar-refractivity contribution in [2.75, 3.05) is 6.61 Å². The Balaban J connectivity index is 1.91. The number of benzene rings is 1. The number of carbonyl (C=O) groups excluding carboxylic acids is 3. The third kappa shape index (κ3) is 6.48. The maximum Gasteiger partial charge on any atom is 0.303 e. The molecule has 33 heavy (non-hydrogen) atoms. The number of hydrogen-bond donors (Lipinski definition) is 0. The van der Waals surface area contributed by atoms with Gasteiger partial charge in [0.2, 0.25) is 6.10 Å². The van der Waals surface area contributed by atoms with Crippen molar-refractivity contribution in [1.29, 1.82) is 0 Å². The Kier molecular flexibility index (Phi) is 7.97. The predicted octanol–water partition coefficient (Wildman–Crippen LogP) is 1.43. The molecule has 1 aliphatic heterocycles. The summed E-state index contributed by atoms with van der Waals surface area (Å²) in [5.74, 6) is -2.33. The van der Waals surface area contributed by atoms with Crippen molar-refractivity contribution in [3.8, 4) is 11.3 Å². The molecule has 0 N–H and O–H groups in total. The second kappa shape index (κ2) is 10.7. The monoisotopic (exact) mass is 529 g/mol. The lowest BCUT2D eigenvalue weighted by Gasteiger charge is -2.42. The highest BCUT2D eigenvalue weighted by Crippen LogP contribution is 2.30. The molecule has 13 heteroatoms. The van der Waals surface area contributed by atoms with Crippen molar-refractivity contribution in [3.05, 3.63) is 36.3 Å². The molecule has 1 aromatic heterocycles. The van der Waals surface area contributed by atoms with Crippen molar-refractivity contribution < 1.29 is 42.6 Å². The first-order valence-corrected chi connectivity index (χ1v) is 10.7. The van der Waals surface area contributed by atoms with Gasteiger partial charge in [0.15, 0.2) is 17.2 Å². The van der Waals surface area contributed by atoms with E-state index in [1.54, 1.807) is 6.07 Å². The van der Waals surface area contributed by atoms with Crippen LogP contribution in [0.15, 0.2) is 30.5 Å². The fourth-order valence-corrected chi connectivity index (χ4v) is 3.86. The highest BCUT2D eigenvalue weighted by Gasteiger charge is 2.51. The smallest absolute Gasteiger partial charge is 0.303 e. The van der Waals surface area contributed by atoms with Crippen LogP contribution in [0, 0.1) is 5.82 Å². The summed E-state index contributed by atoms with van der Waals surface area (Å²) in [6.07, 6.45) is -2.95. The zero-order valence-corrected chi connectivity index (χ0v) is 19.4. The zero-order chi connectivity index (χ0) is 24.1. The normalized spacial score (nSPS) is 24.6. The van der Waals surface area contributed by atoms with E-state index < -0.39 is 53.2 Å². The van der Waals surface area contributed by atoms with Gasteiger partial charge in [-0.25, -0.2) is 4.39 Å². The molecule has 2 aromatic rings. The van der Waals surface area contributed by atoms with Gasteiger partial charge >= 0.3 is 17.9 Å². The Hall–Kier alpha value is -3.06. The highest BCUT2D eigenvalue weighted by molar-refractivity contribution is 9.09. The Morgan fingerprint density at radius 1 is 1.09 bits per heavy atom. The molecule has 1 aliphatic rings. The van der Waals surface area contributed by atoms with E-state index in [1.165, 1.54) is 45.2 Å². The van der Waals surface area contributed by atoms with Crippen molar-refractivity contribution in [3.63, 3.8) is 0 Å². The molecule has 0 aliphatic carbocycles. The van der Waals surface area contributed by atoms with Gasteiger partial charge in [0.25, 0.3) is 0 Å². The van der Waals surface area contributed by atoms with E-state index in [0.29, 0.717) is 11.3 Å². The third-order valence-corrected chi connectivity index (χ3v) is 5.19. The molecule has 1 aromatic carbocycles. The largest absolute Gasteiger partial charge is 0.463 e. The van der Waals surface area contributed by atoms with Crippen LogP contribution in [0.25, 0.3) is 11.3 Å². The van der Waals surface area contributed by atoms with Gasteiger partial charge in [0, 0.05) is 26.3 Å². The zero-order valence-electron chi connectivity index (χ0n) is 17.8. The van der Waals surface area contributed by atoms with Crippen LogP contribution in [-0.4, -0.2) is 69.1 Å². The van der Waals surface area contributed by atoms with E-state index >= 15 is 0 Å². The van der Waals surface area contributed by atoms with Crippen molar-refractivity contribution in [2.45, 2.75) is 50.2 Å². The first kappa shape index (κ1) is 24.6. The molecule has 3 rings (SSSR count). The summed E-state index contributed by atoms with van der Waals surface area (Å²) in [6, 6.07) is 5.72. The molecular formula is C20H21BrFN3O8.